The number of aryl methyl sites for hydroxylation is 3. The van der Waals surface area contributed by atoms with Gasteiger partial charge in [0.25, 0.3) is 17.2 Å². The lowest BCUT2D eigenvalue weighted by molar-refractivity contribution is -0.384. The van der Waals surface area contributed by atoms with Gasteiger partial charge in [-0.2, -0.15) is 0 Å². The average molecular weight is 441 g/mol. The van der Waals surface area contributed by atoms with Crippen molar-refractivity contribution in [2.45, 2.75) is 27.3 Å². The van der Waals surface area contributed by atoms with Crippen LogP contribution in [-0.2, 0) is 6.54 Å². The zero-order valence-electron chi connectivity index (χ0n) is 18.6. The smallest absolute Gasteiger partial charge is 0.269 e. The molecule has 3 aromatic carbocycles. The van der Waals surface area contributed by atoms with E-state index in [1.54, 1.807) is 6.07 Å². The van der Waals surface area contributed by atoms with E-state index >= 15 is 0 Å². The lowest BCUT2D eigenvalue weighted by Crippen LogP contribution is -2.33. The lowest BCUT2D eigenvalue weighted by atomic mass is 10.1. The fourth-order valence-electron chi connectivity index (χ4n) is 3.77. The Morgan fingerprint density at radius 1 is 0.939 bits per heavy atom. The zero-order chi connectivity index (χ0) is 23.7. The summed E-state index contributed by atoms with van der Waals surface area (Å²) in [6.45, 7) is 5.92. The number of benzene rings is 3. The van der Waals surface area contributed by atoms with Crippen LogP contribution in [0.5, 0.6) is 0 Å². The highest BCUT2D eigenvalue weighted by Crippen LogP contribution is 2.24. The first-order valence-electron chi connectivity index (χ1n) is 10.5. The minimum atomic E-state index is -0.508. The van der Waals surface area contributed by atoms with Gasteiger partial charge in [0.05, 0.1) is 17.0 Å². The minimum Gasteiger partial charge on any atom is -0.321 e. The second kappa shape index (κ2) is 8.70. The molecule has 7 heteroatoms. The predicted molar refractivity (Wildman–Crippen MR) is 129 cm³/mol. The van der Waals surface area contributed by atoms with Crippen molar-refractivity contribution in [2.75, 3.05) is 4.90 Å². The summed E-state index contributed by atoms with van der Waals surface area (Å²) in [5.74, 6) is -0.350. The van der Waals surface area contributed by atoms with Crippen LogP contribution in [0.15, 0.2) is 71.5 Å². The number of amides is 1. The third-order valence-electron chi connectivity index (χ3n) is 5.87. The Morgan fingerprint density at radius 3 is 2.33 bits per heavy atom. The zero-order valence-corrected chi connectivity index (χ0v) is 18.6. The number of rotatable bonds is 5. The summed E-state index contributed by atoms with van der Waals surface area (Å²) < 4.78 is 0. The summed E-state index contributed by atoms with van der Waals surface area (Å²) in [7, 11) is 0. The fourth-order valence-corrected chi connectivity index (χ4v) is 3.77. The second-order valence-electron chi connectivity index (χ2n) is 8.13. The molecule has 1 amide bonds. The molecule has 0 bridgehead atoms. The first kappa shape index (κ1) is 22.0. The number of para-hydroxylation sites is 1. The van der Waals surface area contributed by atoms with E-state index in [4.69, 9.17) is 0 Å². The van der Waals surface area contributed by atoms with Crippen molar-refractivity contribution in [2.24, 2.45) is 0 Å². The maximum atomic E-state index is 13.5. The largest absolute Gasteiger partial charge is 0.321 e. The Morgan fingerprint density at radius 2 is 1.67 bits per heavy atom. The SMILES string of the molecule is Cc1ccc(N(Cc2cc3cccc(C)c3[nH]c2=O)C(=O)c2ccc([N+](=O)[O-])cc2)cc1C. The molecule has 166 valence electrons. The molecule has 1 aromatic heterocycles. The van der Waals surface area contributed by atoms with Gasteiger partial charge in [0, 0.05) is 28.9 Å². The number of anilines is 1. The third-order valence-corrected chi connectivity index (χ3v) is 5.87. The highest BCUT2D eigenvalue weighted by molar-refractivity contribution is 6.06. The molecular formula is C26H23N3O4. The monoisotopic (exact) mass is 441 g/mol. The highest BCUT2D eigenvalue weighted by Gasteiger charge is 2.21. The standard InChI is InChI=1S/C26H23N3O4/c1-16-7-10-23(13-18(16)3)28(26(31)19-8-11-22(12-9-19)29(32)33)15-21-14-20-6-4-5-17(2)24(20)27-25(21)30/h4-14H,15H2,1-3H3,(H,27,30). The van der Waals surface area contributed by atoms with E-state index in [-0.39, 0.29) is 23.7 Å². The van der Waals surface area contributed by atoms with Gasteiger partial charge in [-0.05, 0) is 73.2 Å². The van der Waals surface area contributed by atoms with Crippen molar-refractivity contribution in [1.82, 2.24) is 4.98 Å². The van der Waals surface area contributed by atoms with Gasteiger partial charge in [-0.25, -0.2) is 0 Å². The van der Waals surface area contributed by atoms with Crippen LogP contribution in [0, 0.1) is 30.9 Å². The lowest BCUT2D eigenvalue weighted by Gasteiger charge is -2.24. The number of aromatic nitrogens is 1. The molecule has 7 nitrogen and oxygen atoms in total. The number of nitrogens with zero attached hydrogens (tertiary/aromatic N) is 2. The Labute approximate surface area is 190 Å². The van der Waals surface area contributed by atoms with Crippen molar-refractivity contribution < 1.29 is 9.72 Å². The summed E-state index contributed by atoms with van der Waals surface area (Å²) in [6, 6.07) is 18.7. The molecule has 0 atom stereocenters. The number of pyridine rings is 1. The summed E-state index contributed by atoms with van der Waals surface area (Å²) >= 11 is 0. The number of nitro benzene ring substituents is 1. The van der Waals surface area contributed by atoms with Gasteiger partial charge in [0.15, 0.2) is 0 Å². The highest BCUT2D eigenvalue weighted by atomic mass is 16.6. The van der Waals surface area contributed by atoms with Crippen LogP contribution in [0.25, 0.3) is 10.9 Å². The van der Waals surface area contributed by atoms with Crippen molar-refractivity contribution >= 4 is 28.2 Å². The maximum Gasteiger partial charge on any atom is 0.269 e. The van der Waals surface area contributed by atoms with E-state index in [9.17, 15) is 19.7 Å². The number of hydrogen-bond acceptors (Lipinski definition) is 4. The number of fused-ring (bicyclic) bond motifs is 1. The molecule has 4 rings (SSSR count). The molecule has 0 saturated heterocycles. The molecule has 0 saturated carbocycles. The minimum absolute atomic E-state index is 0.0531. The summed E-state index contributed by atoms with van der Waals surface area (Å²) in [6.07, 6.45) is 0. The molecule has 0 spiro atoms. The van der Waals surface area contributed by atoms with Crippen LogP contribution in [-0.4, -0.2) is 15.8 Å². The van der Waals surface area contributed by atoms with Gasteiger partial charge < -0.3 is 9.88 Å². The van der Waals surface area contributed by atoms with E-state index in [0.29, 0.717) is 16.8 Å². The Bertz CT molecular complexity index is 1440. The van der Waals surface area contributed by atoms with Gasteiger partial charge >= 0.3 is 0 Å². The molecule has 0 unspecified atom stereocenters. The first-order chi connectivity index (χ1) is 15.7. The van der Waals surface area contributed by atoms with E-state index in [1.165, 1.54) is 29.2 Å². The summed E-state index contributed by atoms with van der Waals surface area (Å²) in [5.41, 5.74) is 4.86. The van der Waals surface area contributed by atoms with Gasteiger partial charge in [0.1, 0.15) is 0 Å². The van der Waals surface area contributed by atoms with Gasteiger partial charge in [-0.3, -0.25) is 19.7 Å². The van der Waals surface area contributed by atoms with Gasteiger partial charge in [-0.15, -0.1) is 0 Å². The topological polar surface area (TPSA) is 96.3 Å². The van der Waals surface area contributed by atoms with Gasteiger partial charge in [0.2, 0.25) is 0 Å². The number of carbonyl (C=O) groups is 1. The normalized spacial score (nSPS) is 10.9. The number of nitro groups is 1. The number of H-pyrrole nitrogens is 1. The average Bonchev–Trinajstić information content (AvgIpc) is 2.80. The number of hydrogen-bond donors (Lipinski definition) is 1. The van der Waals surface area contributed by atoms with Crippen LogP contribution >= 0.6 is 0 Å². The fraction of sp³-hybridized carbons (Fsp3) is 0.154. The molecule has 0 aliphatic carbocycles. The molecule has 4 aromatic rings. The van der Waals surface area contributed by atoms with Crippen molar-refractivity contribution in [1.29, 1.82) is 0 Å². The molecule has 1 heterocycles. The van der Waals surface area contributed by atoms with Crippen LogP contribution in [0.4, 0.5) is 11.4 Å². The van der Waals surface area contributed by atoms with E-state index < -0.39 is 4.92 Å². The quantitative estimate of drug-likeness (QED) is 0.340. The van der Waals surface area contributed by atoms with Crippen LogP contribution in [0.2, 0.25) is 0 Å². The number of nitrogens with one attached hydrogen (secondary N) is 1. The number of non-ortho nitro benzene ring substituents is 1. The van der Waals surface area contributed by atoms with Crippen molar-refractivity contribution in [3.63, 3.8) is 0 Å². The summed E-state index contributed by atoms with van der Waals surface area (Å²) in [5, 5.41) is 11.9. The van der Waals surface area contributed by atoms with Gasteiger partial charge in [-0.1, -0.05) is 24.3 Å². The van der Waals surface area contributed by atoms with Crippen LogP contribution in [0.3, 0.4) is 0 Å². The Hall–Kier alpha value is -4.26. The number of carbonyl (C=O) groups excluding carboxylic acids is 1. The molecule has 0 aliphatic rings. The predicted octanol–water partition coefficient (Wildman–Crippen LogP) is 5.21. The number of aromatic amines is 1. The van der Waals surface area contributed by atoms with Crippen LogP contribution in [0.1, 0.15) is 32.6 Å². The van der Waals surface area contributed by atoms with Crippen molar-refractivity contribution in [3.05, 3.63) is 115 Å². The Kier molecular flexibility index (Phi) is 5.79. The third kappa shape index (κ3) is 4.39. The van der Waals surface area contributed by atoms with E-state index in [0.717, 1.165) is 27.6 Å². The van der Waals surface area contributed by atoms with E-state index in [2.05, 4.69) is 4.98 Å². The second-order valence-corrected chi connectivity index (χ2v) is 8.13. The Balaban J connectivity index is 1.79. The molecule has 1 N–H and O–H groups in total. The molecule has 0 aliphatic heterocycles. The first-order valence-corrected chi connectivity index (χ1v) is 10.5. The molecule has 0 radical (unpaired) electrons. The van der Waals surface area contributed by atoms with E-state index in [1.807, 2.05) is 57.2 Å². The summed E-state index contributed by atoms with van der Waals surface area (Å²) in [4.78, 5) is 41.3. The molecule has 0 fully saturated rings. The molecule has 33 heavy (non-hydrogen) atoms. The maximum absolute atomic E-state index is 13.5. The van der Waals surface area contributed by atoms with Crippen LogP contribution < -0.4 is 10.5 Å². The molecular weight excluding hydrogens is 418 g/mol. The van der Waals surface area contributed by atoms with Crippen molar-refractivity contribution in [3.8, 4) is 0 Å².